The van der Waals surface area contributed by atoms with E-state index in [1.165, 1.54) is 30.7 Å². The molecule has 0 unspecified atom stereocenters. The van der Waals surface area contributed by atoms with E-state index in [4.69, 9.17) is 9.84 Å². The number of carboxylic acids is 1. The van der Waals surface area contributed by atoms with E-state index in [1.807, 2.05) is 0 Å². The van der Waals surface area contributed by atoms with Gasteiger partial charge in [0.25, 0.3) is 0 Å². The van der Waals surface area contributed by atoms with E-state index in [9.17, 15) is 9.18 Å². The Hall–Kier alpha value is -2.50. The molecule has 0 saturated heterocycles. The Bertz CT molecular complexity index is 561. The fourth-order valence-corrected chi connectivity index (χ4v) is 1.31. The topological polar surface area (TPSA) is 72.3 Å². The summed E-state index contributed by atoms with van der Waals surface area (Å²) in [4.78, 5) is 18.4. The summed E-state index contributed by atoms with van der Waals surface area (Å²) in [6, 6.07) is 3.46. The van der Waals surface area contributed by atoms with Gasteiger partial charge in [-0.15, -0.1) is 0 Å². The van der Waals surface area contributed by atoms with Crippen LogP contribution < -0.4 is 4.74 Å². The van der Waals surface area contributed by atoms with Crippen molar-refractivity contribution in [2.75, 3.05) is 0 Å². The van der Waals surface area contributed by atoms with E-state index < -0.39 is 11.8 Å². The van der Waals surface area contributed by atoms with Crippen LogP contribution in [0, 0.1) is 5.82 Å². The summed E-state index contributed by atoms with van der Waals surface area (Å²) in [5, 5.41) is 8.68. The highest BCUT2D eigenvalue weighted by atomic mass is 19.1. The standard InChI is InChI=1S/C12H9FN2O3/c13-10-5-8(12(16)17)1-2-11(10)18-7-9-6-14-3-4-15-9/h1-6H,7H2,(H,16,17). The van der Waals surface area contributed by atoms with Crippen LogP contribution in [0.5, 0.6) is 5.75 Å². The van der Waals surface area contributed by atoms with Gasteiger partial charge >= 0.3 is 5.97 Å². The van der Waals surface area contributed by atoms with E-state index >= 15 is 0 Å². The van der Waals surface area contributed by atoms with Gasteiger partial charge in [0.1, 0.15) is 6.61 Å². The molecular formula is C12H9FN2O3. The molecule has 1 aromatic carbocycles. The van der Waals surface area contributed by atoms with Crippen LogP contribution >= 0.6 is 0 Å². The molecule has 1 heterocycles. The smallest absolute Gasteiger partial charge is 0.335 e. The zero-order valence-electron chi connectivity index (χ0n) is 9.21. The number of nitrogens with zero attached hydrogens (tertiary/aromatic N) is 2. The van der Waals surface area contributed by atoms with Crippen LogP contribution in [0.25, 0.3) is 0 Å². The predicted octanol–water partition coefficient (Wildman–Crippen LogP) is 1.89. The molecule has 0 spiro atoms. The molecule has 92 valence electrons. The summed E-state index contributed by atoms with van der Waals surface area (Å²) >= 11 is 0. The fourth-order valence-electron chi connectivity index (χ4n) is 1.31. The maximum Gasteiger partial charge on any atom is 0.335 e. The van der Waals surface area contributed by atoms with E-state index in [1.54, 1.807) is 0 Å². The summed E-state index contributed by atoms with van der Waals surface area (Å²) in [6.07, 6.45) is 4.53. The van der Waals surface area contributed by atoms with Gasteiger partial charge in [-0.25, -0.2) is 9.18 Å². The first-order chi connectivity index (χ1) is 8.66. The number of carboxylic acid groups (broad SMARTS) is 1. The van der Waals surface area contributed by atoms with Crippen LogP contribution in [0.3, 0.4) is 0 Å². The van der Waals surface area contributed by atoms with Gasteiger partial charge in [0, 0.05) is 12.4 Å². The summed E-state index contributed by atoms with van der Waals surface area (Å²) in [5.74, 6) is -1.93. The molecule has 1 N–H and O–H groups in total. The Morgan fingerprint density at radius 3 is 2.83 bits per heavy atom. The lowest BCUT2D eigenvalue weighted by Gasteiger charge is -2.06. The lowest BCUT2D eigenvalue weighted by Crippen LogP contribution is -2.02. The highest BCUT2D eigenvalue weighted by Crippen LogP contribution is 2.19. The summed E-state index contributed by atoms with van der Waals surface area (Å²) in [6.45, 7) is 0.0666. The average molecular weight is 248 g/mol. The van der Waals surface area contributed by atoms with Crippen molar-refractivity contribution in [3.63, 3.8) is 0 Å². The first kappa shape index (κ1) is 12.0. The van der Waals surface area contributed by atoms with Crippen molar-refractivity contribution in [2.45, 2.75) is 6.61 Å². The lowest BCUT2D eigenvalue weighted by atomic mass is 10.2. The number of halogens is 1. The lowest BCUT2D eigenvalue weighted by molar-refractivity contribution is 0.0696. The van der Waals surface area contributed by atoms with Gasteiger partial charge in [-0.2, -0.15) is 0 Å². The van der Waals surface area contributed by atoms with Gasteiger partial charge in [0.05, 0.1) is 17.5 Å². The molecule has 2 aromatic rings. The molecule has 0 bridgehead atoms. The highest BCUT2D eigenvalue weighted by molar-refractivity contribution is 5.87. The quantitative estimate of drug-likeness (QED) is 0.894. The van der Waals surface area contributed by atoms with Gasteiger partial charge in [-0.3, -0.25) is 9.97 Å². The third kappa shape index (κ3) is 2.79. The zero-order chi connectivity index (χ0) is 13.0. The molecule has 1 aromatic heterocycles. The van der Waals surface area contributed by atoms with Crippen molar-refractivity contribution < 1.29 is 19.0 Å². The molecule has 6 heteroatoms. The van der Waals surface area contributed by atoms with Crippen molar-refractivity contribution in [2.24, 2.45) is 0 Å². The van der Waals surface area contributed by atoms with Crippen molar-refractivity contribution in [3.8, 4) is 5.75 Å². The normalized spacial score (nSPS) is 10.1. The number of benzene rings is 1. The van der Waals surface area contributed by atoms with Crippen LogP contribution in [-0.2, 0) is 6.61 Å². The van der Waals surface area contributed by atoms with Crippen molar-refractivity contribution in [1.82, 2.24) is 9.97 Å². The Kier molecular flexibility index (Phi) is 3.47. The minimum absolute atomic E-state index is 0.0225. The molecule has 0 aliphatic carbocycles. The Labute approximate surface area is 102 Å². The summed E-state index contributed by atoms with van der Waals surface area (Å²) in [5.41, 5.74) is 0.429. The van der Waals surface area contributed by atoms with E-state index in [-0.39, 0.29) is 17.9 Å². The molecule has 0 fully saturated rings. The molecule has 18 heavy (non-hydrogen) atoms. The SMILES string of the molecule is O=C(O)c1ccc(OCc2cnccn2)c(F)c1. The van der Waals surface area contributed by atoms with Gasteiger partial charge in [0.15, 0.2) is 11.6 Å². The predicted molar refractivity (Wildman–Crippen MR) is 59.7 cm³/mol. The molecule has 0 aliphatic heterocycles. The van der Waals surface area contributed by atoms with E-state index in [2.05, 4.69) is 9.97 Å². The number of hydrogen-bond acceptors (Lipinski definition) is 4. The number of rotatable bonds is 4. The maximum atomic E-state index is 13.5. The van der Waals surface area contributed by atoms with E-state index in [0.29, 0.717) is 5.69 Å². The van der Waals surface area contributed by atoms with Crippen molar-refractivity contribution in [1.29, 1.82) is 0 Å². The fraction of sp³-hybridized carbons (Fsp3) is 0.0833. The second-order valence-corrected chi connectivity index (χ2v) is 3.44. The van der Waals surface area contributed by atoms with Crippen LogP contribution in [0.1, 0.15) is 16.1 Å². The minimum Gasteiger partial charge on any atom is -0.484 e. The number of aromatic nitrogens is 2. The summed E-state index contributed by atoms with van der Waals surface area (Å²) in [7, 11) is 0. The first-order valence-corrected chi connectivity index (χ1v) is 5.07. The zero-order valence-corrected chi connectivity index (χ0v) is 9.21. The molecule has 0 saturated carbocycles. The second kappa shape index (κ2) is 5.22. The Morgan fingerprint density at radius 1 is 1.39 bits per heavy atom. The van der Waals surface area contributed by atoms with Gasteiger partial charge in [-0.05, 0) is 18.2 Å². The monoisotopic (exact) mass is 248 g/mol. The number of carbonyl (C=O) groups is 1. The summed E-state index contributed by atoms with van der Waals surface area (Å²) < 4.78 is 18.7. The molecule has 0 radical (unpaired) electrons. The molecule has 5 nitrogen and oxygen atoms in total. The van der Waals surface area contributed by atoms with Crippen molar-refractivity contribution in [3.05, 3.63) is 53.9 Å². The number of hydrogen-bond donors (Lipinski definition) is 1. The average Bonchev–Trinajstić information content (AvgIpc) is 2.38. The van der Waals surface area contributed by atoms with Crippen LogP contribution in [0.2, 0.25) is 0 Å². The third-order valence-electron chi connectivity index (χ3n) is 2.17. The second-order valence-electron chi connectivity index (χ2n) is 3.44. The van der Waals surface area contributed by atoms with Crippen LogP contribution in [-0.4, -0.2) is 21.0 Å². The van der Waals surface area contributed by atoms with Gasteiger partial charge < -0.3 is 9.84 Å². The minimum atomic E-state index is -1.19. The van der Waals surface area contributed by atoms with E-state index in [0.717, 1.165) is 6.07 Å². The Morgan fingerprint density at radius 2 is 2.22 bits per heavy atom. The first-order valence-electron chi connectivity index (χ1n) is 5.07. The third-order valence-corrected chi connectivity index (χ3v) is 2.17. The highest BCUT2D eigenvalue weighted by Gasteiger charge is 2.09. The molecule has 0 amide bonds. The molecule has 0 atom stereocenters. The number of aromatic carboxylic acids is 1. The molecule has 0 aliphatic rings. The van der Waals surface area contributed by atoms with Gasteiger partial charge in [0.2, 0.25) is 0 Å². The van der Waals surface area contributed by atoms with Gasteiger partial charge in [-0.1, -0.05) is 0 Å². The van der Waals surface area contributed by atoms with Crippen LogP contribution in [0.4, 0.5) is 4.39 Å². The number of ether oxygens (including phenoxy) is 1. The van der Waals surface area contributed by atoms with Crippen molar-refractivity contribution >= 4 is 5.97 Å². The molecule has 2 rings (SSSR count). The Balaban J connectivity index is 2.08. The molecular weight excluding hydrogens is 239 g/mol. The largest absolute Gasteiger partial charge is 0.484 e. The van der Waals surface area contributed by atoms with Crippen LogP contribution in [0.15, 0.2) is 36.8 Å². The maximum absolute atomic E-state index is 13.5.